The summed E-state index contributed by atoms with van der Waals surface area (Å²) < 4.78 is 44.0. The van der Waals surface area contributed by atoms with Crippen LogP contribution >= 0.6 is 15.6 Å². The number of aliphatic hydroxyl groups excluding tert-OH is 4. The van der Waals surface area contributed by atoms with Gasteiger partial charge in [-0.15, -0.1) is 0 Å². The number of H-pyrrole nitrogens is 1. The molecule has 2 aliphatic heterocycles. The van der Waals surface area contributed by atoms with Crippen LogP contribution in [0.25, 0.3) is 22.3 Å². The molecule has 6 heterocycles. The van der Waals surface area contributed by atoms with E-state index in [2.05, 4.69) is 39.0 Å². The van der Waals surface area contributed by atoms with Crippen molar-refractivity contribution >= 4 is 49.9 Å². The van der Waals surface area contributed by atoms with E-state index in [-0.39, 0.29) is 93.3 Å². The number of aliphatic hydroxyl groups is 4. The molecule has 50 heavy (non-hydrogen) atoms. The SMILES string of the molecule is Nc1nc([O-])c2ncn(C3OC(CO)C(OP(=O)([O-])O)C3O)c2n1.Nc1nc2c(ncn2C2OC(CO)C(O)C2OP(=O)(O)O)c(=O)[nH]1.[Na+].[Na+]. The van der Waals surface area contributed by atoms with Gasteiger partial charge in [-0.25, -0.2) is 19.5 Å². The fraction of sp³-hybridized carbons (Fsp3) is 0.500. The second-order valence-electron chi connectivity index (χ2n) is 10.1. The van der Waals surface area contributed by atoms with Gasteiger partial charge in [-0.3, -0.25) is 28.0 Å². The van der Waals surface area contributed by atoms with Gasteiger partial charge in [0.2, 0.25) is 11.9 Å². The number of phosphoric ester groups is 2. The molecular formula is C20H26N10Na2O16P2. The number of rotatable bonds is 8. The Kier molecular flexibility index (Phi) is 14.1. The van der Waals surface area contributed by atoms with E-state index in [0.717, 1.165) is 21.8 Å². The molecule has 9 atom stereocenters. The number of aromatic amines is 1. The van der Waals surface area contributed by atoms with Crippen LogP contribution in [0.4, 0.5) is 11.9 Å². The summed E-state index contributed by atoms with van der Waals surface area (Å²) in [4.78, 5) is 70.5. The number of hydrogen-bond donors (Lipinski definition) is 10. The van der Waals surface area contributed by atoms with Crippen molar-refractivity contribution in [2.45, 2.75) is 49.1 Å². The summed E-state index contributed by atoms with van der Waals surface area (Å²) in [6, 6.07) is 0. The van der Waals surface area contributed by atoms with E-state index >= 15 is 0 Å². The fourth-order valence-corrected chi connectivity index (χ4v) is 6.08. The number of anilines is 2. The largest absolute Gasteiger partial charge is 1.00 e. The van der Waals surface area contributed by atoms with Gasteiger partial charge < -0.3 is 70.6 Å². The molecule has 26 nitrogen and oxygen atoms in total. The van der Waals surface area contributed by atoms with E-state index in [0.29, 0.717) is 0 Å². The van der Waals surface area contributed by atoms with Crippen LogP contribution in [-0.4, -0.2) is 124 Å². The zero-order valence-corrected chi connectivity index (χ0v) is 31.5. The maximum absolute atomic E-state index is 11.8. The third-order valence-electron chi connectivity index (χ3n) is 6.90. The predicted molar refractivity (Wildman–Crippen MR) is 147 cm³/mol. The molecule has 30 heteroatoms. The van der Waals surface area contributed by atoms with Gasteiger partial charge in [-0.1, -0.05) is 0 Å². The molecule has 4 aromatic heterocycles. The topological polar surface area (TPSA) is 418 Å². The van der Waals surface area contributed by atoms with E-state index in [1.54, 1.807) is 0 Å². The first-order valence-electron chi connectivity index (χ1n) is 13.2. The summed E-state index contributed by atoms with van der Waals surface area (Å²) in [7, 11) is -10.2. The normalized spacial score (nSPS) is 27.7. The zero-order valence-electron chi connectivity index (χ0n) is 25.7. The Morgan fingerprint density at radius 1 is 0.860 bits per heavy atom. The third kappa shape index (κ3) is 9.07. The van der Waals surface area contributed by atoms with Gasteiger partial charge in [0.15, 0.2) is 29.3 Å². The van der Waals surface area contributed by atoms with Gasteiger partial charge in [-0.2, -0.15) is 9.97 Å². The van der Waals surface area contributed by atoms with Crippen LogP contribution in [0.15, 0.2) is 17.4 Å². The number of nitrogen functional groups attached to an aromatic ring is 2. The monoisotopic (exact) mass is 770 g/mol. The average molecular weight is 770 g/mol. The van der Waals surface area contributed by atoms with E-state index in [9.17, 15) is 44.4 Å². The summed E-state index contributed by atoms with van der Waals surface area (Å²) in [5, 5.41) is 50.5. The van der Waals surface area contributed by atoms with Crippen LogP contribution in [0.3, 0.4) is 0 Å². The van der Waals surface area contributed by atoms with Crippen molar-refractivity contribution in [1.29, 1.82) is 0 Å². The molecule has 6 rings (SSSR count). The molecule has 0 aliphatic carbocycles. The summed E-state index contributed by atoms with van der Waals surface area (Å²) in [5.74, 6) is -1.28. The van der Waals surface area contributed by atoms with Crippen LogP contribution in [-0.2, 0) is 27.7 Å². The maximum atomic E-state index is 11.8. The molecule has 2 saturated heterocycles. The van der Waals surface area contributed by atoms with Crippen LogP contribution in [0.1, 0.15) is 12.5 Å². The van der Waals surface area contributed by atoms with Crippen molar-refractivity contribution in [1.82, 2.24) is 39.0 Å². The predicted octanol–water partition coefficient (Wildman–Crippen LogP) is -12.0. The fourth-order valence-electron chi connectivity index (χ4n) is 4.97. The molecule has 0 bridgehead atoms. The summed E-state index contributed by atoms with van der Waals surface area (Å²) >= 11 is 0. The van der Waals surface area contributed by atoms with Crippen molar-refractivity contribution in [2.75, 3.05) is 24.7 Å². The second kappa shape index (κ2) is 16.5. The quantitative estimate of drug-likeness (QED) is 0.0587. The minimum Gasteiger partial charge on any atom is -0.857 e. The molecule has 2 aliphatic rings. The number of imidazole rings is 2. The zero-order chi connectivity index (χ0) is 35.3. The Labute approximate surface area is 321 Å². The minimum absolute atomic E-state index is 0. The van der Waals surface area contributed by atoms with Crippen LogP contribution in [0.2, 0.25) is 0 Å². The van der Waals surface area contributed by atoms with Gasteiger partial charge in [0.25, 0.3) is 13.4 Å². The number of nitrogens with zero attached hydrogens (tertiary/aromatic N) is 7. The molecule has 4 aromatic rings. The first-order valence-corrected chi connectivity index (χ1v) is 16.2. The molecule has 9 unspecified atom stereocenters. The van der Waals surface area contributed by atoms with E-state index < -0.39 is 89.4 Å². The number of phosphoric acid groups is 2. The Bertz CT molecular complexity index is 1960. The Morgan fingerprint density at radius 3 is 2.00 bits per heavy atom. The third-order valence-corrected chi connectivity index (χ3v) is 7.93. The first-order chi connectivity index (χ1) is 22.4. The molecular weight excluding hydrogens is 744 g/mol. The Morgan fingerprint density at radius 2 is 1.42 bits per heavy atom. The molecule has 2 fully saturated rings. The van der Waals surface area contributed by atoms with Gasteiger partial charge in [0.1, 0.15) is 42.1 Å². The smallest absolute Gasteiger partial charge is 0.857 e. The van der Waals surface area contributed by atoms with Crippen molar-refractivity contribution < 1.29 is 132 Å². The standard InChI is InChI=1S/2C10H14N5O8P.2Na/c11-10-13-7-4(8(18)14-10)12-2-15(7)9-5(17)6(3(1-16)22-9)23-24(19,20)21;11-10-13-7-4(8(18)14-10)12-2-15(7)9-6(23-24(19,20)21)5(17)3(1-16)22-9;;/h2*2-3,5-6,9,16-17H,1H2,(H2,19,20,21)(H3,11,13,14,18);;/q;;2*+1/p-2. The van der Waals surface area contributed by atoms with E-state index in [1.165, 1.54) is 0 Å². The van der Waals surface area contributed by atoms with Crippen molar-refractivity contribution in [2.24, 2.45) is 0 Å². The summed E-state index contributed by atoms with van der Waals surface area (Å²) in [6.07, 6.45) is -9.06. The molecule has 0 spiro atoms. The van der Waals surface area contributed by atoms with Crippen molar-refractivity contribution in [3.63, 3.8) is 0 Å². The minimum atomic E-state index is -5.19. The van der Waals surface area contributed by atoms with Gasteiger partial charge in [-0.05, 0) is 0 Å². The number of aromatic nitrogens is 8. The molecule has 12 N–H and O–H groups in total. The first kappa shape index (κ1) is 42.7. The van der Waals surface area contributed by atoms with Crippen molar-refractivity contribution in [3.8, 4) is 5.88 Å². The molecule has 264 valence electrons. The van der Waals surface area contributed by atoms with Crippen LogP contribution < -0.4 is 86.1 Å². The van der Waals surface area contributed by atoms with Crippen LogP contribution in [0, 0.1) is 0 Å². The number of fused-ring (bicyclic) bond motifs is 2. The molecule has 0 radical (unpaired) electrons. The average Bonchev–Trinajstić information content (AvgIpc) is 3.73. The maximum Gasteiger partial charge on any atom is 1.00 e. The van der Waals surface area contributed by atoms with Crippen molar-refractivity contribution in [3.05, 3.63) is 23.0 Å². The molecule has 0 amide bonds. The Hall–Kier alpha value is -1.72. The summed E-state index contributed by atoms with van der Waals surface area (Å²) in [5.41, 5.74) is 9.94. The number of ether oxygens (including phenoxy) is 2. The molecule has 0 aromatic carbocycles. The summed E-state index contributed by atoms with van der Waals surface area (Å²) in [6.45, 7) is -1.32. The van der Waals surface area contributed by atoms with Crippen LogP contribution in [0.5, 0.6) is 5.88 Å². The number of hydrogen-bond acceptors (Lipinski definition) is 20. The Balaban J connectivity index is 0.000000260. The number of nitrogens with one attached hydrogen (secondary N) is 1. The second-order valence-corrected chi connectivity index (χ2v) is 12.4. The van der Waals surface area contributed by atoms with Gasteiger partial charge >= 0.3 is 66.9 Å². The number of nitrogens with two attached hydrogens (primary N) is 2. The molecule has 0 saturated carbocycles. The van der Waals surface area contributed by atoms with E-state index in [1.807, 2.05) is 0 Å². The van der Waals surface area contributed by atoms with Gasteiger partial charge in [0.05, 0.1) is 25.9 Å². The van der Waals surface area contributed by atoms with Gasteiger partial charge in [0, 0.05) is 5.88 Å². The van der Waals surface area contributed by atoms with E-state index in [4.69, 9.17) is 35.6 Å².